The molecular formula is C13H26N4. The predicted molar refractivity (Wildman–Crippen MR) is 71.0 cm³/mol. The normalized spacial score (nSPS) is 12.9. The summed E-state index contributed by atoms with van der Waals surface area (Å²) in [5.41, 5.74) is 0. The van der Waals surface area contributed by atoms with Crippen LogP contribution in [-0.4, -0.2) is 27.9 Å². The van der Waals surface area contributed by atoms with Gasteiger partial charge in [-0.25, -0.2) is 4.98 Å². The molecule has 0 aliphatic rings. The molecule has 0 saturated carbocycles. The number of nitrogens with one attached hydrogen (secondary N) is 1. The van der Waals surface area contributed by atoms with Crippen LogP contribution in [0, 0.1) is 0 Å². The lowest BCUT2D eigenvalue weighted by molar-refractivity contribution is 0.461. The molecule has 0 aliphatic carbocycles. The van der Waals surface area contributed by atoms with E-state index in [1.165, 1.54) is 25.7 Å². The Kier molecular flexibility index (Phi) is 6.86. The van der Waals surface area contributed by atoms with Gasteiger partial charge >= 0.3 is 0 Å². The molecule has 1 atom stereocenters. The van der Waals surface area contributed by atoms with E-state index < -0.39 is 0 Å². The van der Waals surface area contributed by atoms with Crippen LogP contribution in [0.2, 0.25) is 0 Å². The molecule has 4 heteroatoms. The van der Waals surface area contributed by atoms with Gasteiger partial charge in [-0.05, 0) is 32.7 Å². The molecule has 0 aromatic carbocycles. The highest BCUT2D eigenvalue weighted by Crippen LogP contribution is 2.08. The molecule has 1 N–H and O–H groups in total. The van der Waals surface area contributed by atoms with Crippen LogP contribution < -0.4 is 5.32 Å². The summed E-state index contributed by atoms with van der Waals surface area (Å²) in [6, 6.07) is 0.655. The highest BCUT2D eigenvalue weighted by molar-refractivity contribution is 4.85. The van der Waals surface area contributed by atoms with Gasteiger partial charge in [0, 0.05) is 19.0 Å². The van der Waals surface area contributed by atoms with Gasteiger partial charge in [-0.3, -0.25) is 4.68 Å². The molecule has 0 radical (unpaired) electrons. The average Bonchev–Trinajstić information content (AvgIpc) is 2.76. The lowest BCUT2D eigenvalue weighted by Crippen LogP contribution is -2.25. The summed E-state index contributed by atoms with van der Waals surface area (Å²) in [6.45, 7) is 5.39. The van der Waals surface area contributed by atoms with Crippen molar-refractivity contribution in [3.63, 3.8) is 0 Å². The monoisotopic (exact) mass is 238 g/mol. The van der Waals surface area contributed by atoms with E-state index in [-0.39, 0.29) is 0 Å². The number of nitrogens with zero attached hydrogens (tertiary/aromatic N) is 3. The third-order valence-corrected chi connectivity index (χ3v) is 3.13. The quantitative estimate of drug-likeness (QED) is 0.718. The summed E-state index contributed by atoms with van der Waals surface area (Å²) in [7, 11) is 2.06. The second-order valence-electron chi connectivity index (χ2n) is 4.57. The molecule has 0 aliphatic heterocycles. The van der Waals surface area contributed by atoms with Gasteiger partial charge in [-0.1, -0.05) is 20.3 Å². The highest BCUT2D eigenvalue weighted by Gasteiger charge is 2.07. The zero-order valence-corrected chi connectivity index (χ0v) is 11.4. The maximum absolute atomic E-state index is 4.33. The Hall–Kier alpha value is -0.900. The minimum atomic E-state index is 0.655. The Morgan fingerprint density at radius 3 is 2.76 bits per heavy atom. The molecule has 17 heavy (non-hydrogen) atoms. The zero-order valence-electron chi connectivity index (χ0n) is 11.4. The van der Waals surface area contributed by atoms with Crippen molar-refractivity contribution < 1.29 is 0 Å². The average molecular weight is 238 g/mol. The molecule has 0 bridgehead atoms. The van der Waals surface area contributed by atoms with Crippen LogP contribution in [0.3, 0.4) is 0 Å². The van der Waals surface area contributed by atoms with Gasteiger partial charge in [0.25, 0.3) is 0 Å². The van der Waals surface area contributed by atoms with E-state index in [2.05, 4.69) is 36.3 Å². The molecule has 1 aromatic rings. The number of hydrogen-bond donors (Lipinski definition) is 1. The molecule has 1 aromatic heterocycles. The number of rotatable bonds is 9. The minimum absolute atomic E-state index is 0.655. The van der Waals surface area contributed by atoms with E-state index in [0.717, 1.165) is 25.2 Å². The van der Waals surface area contributed by atoms with Gasteiger partial charge < -0.3 is 5.32 Å². The maximum atomic E-state index is 4.33. The summed E-state index contributed by atoms with van der Waals surface area (Å²) in [4.78, 5) is 4.33. The van der Waals surface area contributed by atoms with Crippen LogP contribution in [0.1, 0.15) is 51.8 Å². The van der Waals surface area contributed by atoms with Gasteiger partial charge in [0.05, 0.1) is 0 Å². The Labute approximate surface area is 105 Å². The number of hydrogen-bond acceptors (Lipinski definition) is 3. The van der Waals surface area contributed by atoms with Crippen LogP contribution in [0.4, 0.5) is 0 Å². The van der Waals surface area contributed by atoms with Crippen LogP contribution in [0.5, 0.6) is 0 Å². The molecular weight excluding hydrogens is 212 g/mol. The third kappa shape index (κ3) is 4.86. The largest absolute Gasteiger partial charge is 0.317 e. The van der Waals surface area contributed by atoms with Crippen molar-refractivity contribution in [3.8, 4) is 0 Å². The first-order valence-corrected chi connectivity index (χ1v) is 6.85. The van der Waals surface area contributed by atoms with Gasteiger partial charge in [0.1, 0.15) is 12.2 Å². The fourth-order valence-electron chi connectivity index (χ4n) is 2.17. The molecule has 1 unspecified atom stereocenters. The summed E-state index contributed by atoms with van der Waals surface area (Å²) in [5.74, 6) is 1.14. The van der Waals surface area contributed by atoms with E-state index in [0.29, 0.717) is 6.04 Å². The van der Waals surface area contributed by atoms with Crippen molar-refractivity contribution in [2.75, 3.05) is 7.05 Å². The van der Waals surface area contributed by atoms with E-state index in [1.807, 2.05) is 4.68 Å². The molecule has 0 amide bonds. The Bertz CT molecular complexity index is 295. The van der Waals surface area contributed by atoms with Crippen LogP contribution in [0.25, 0.3) is 0 Å². The SMILES string of the molecule is CCCC(CCCc1ncnn1CCC)NC. The van der Waals surface area contributed by atoms with Crippen LogP contribution in [0.15, 0.2) is 6.33 Å². The zero-order chi connectivity index (χ0) is 12.5. The fourth-order valence-corrected chi connectivity index (χ4v) is 2.17. The van der Waals surface area contributed by atoms with Gasteiger partial charge in [-0.15, -0.1) is 0 Å². The van der Waals surface area contributed by atoms with Crippen LogP contribution >= 0.6 is 0 Å². The van der Waals surface area contributed by atoms with E-state index >= 15 is 0 Å². The number of aromatic nitrogens is 3. The summed E-state index contributed by atoms with van der Waals surface area (Å²) >= 11 is 0. The topological polar surface area (TPSA) is 42.7 Å². The van der Waals surface area contributed by atoms with Gasteiger partial charge in [0.2, 0.25) is 0 Å². The molecule has 1 heterocycles. The predicted octanol–water partition coefficient (Wildman–Crippen LogP) is 2.40. The first kappa shape index (κ1) is 14.2. The summed E-state index contributed by atoms with van der Waals surface area (Å²) < 4.78 is 2.04. The molecule has 98 valence electrons. The molecule has 0 fully saturated rings. The Morgan fingerprint density at radius 2 is 2.12 bits per heavy atom. The lowest BCUT2D eigenvalue weighted by Gasteiger charge is -2.14. The molecule has 4 nitrogen and oxygen atoms in total. The van der Waals surface area contributed by atoms with Crippen molar-refractivity contribution in [3.05, 3.63) is 12.2 Å². The second-order valence-corrected chi connectivity index (χ2v) is 4.57. The minimum Gasteiger partial charge on any atom is -0.317 e. The molecule has 0 spiro atoms. The summed E-state index contributed by atoms with van der Waals surface area (Å²) in [5, 5.41) is 7.63. The van der Waals surface area contributed by atoms with E-state index in [4.69, 9.17) is 0 Å². The van der Waals surface area contributed by atoms with Gasteiger partial charge in [-0.2, -0.15) is 5.10 Å². The van der Waals surface area contributed by atoms with Crippen molar-refractivity contribution in [2.24, 2.45) is 0 Å². The van der Waals surface area contributed by atoms with E-state index in [9.17, 15) is 0 Å². The molecule has 1 rings (SSSR count). The first-order chi connectivity index (χ1) is 8.31. The third-order valence-electron chi connectivity index (χ3n) is 3.13. The maximum Gasteiger partial charge on any atom is 0.138 e. The molecule has 0 saturated heterocycles. The van der Waals surface area contributed by atoms with Crippen molar-refractivity contribution in [1.82, 2.24) is 20.1 Å². The van der Waals surface area contributed by atoms with Crippen molar-refractivity contribution in [1.29, 1.82) is 0 Å². The second kappa shape index (κ2) is 8.23. The van der Waals surface area contributed by atoms with E-state index in [1.54, 1.807) is 6.33 Å². The van der Waals surface area contributed by atoms with Crippen LogP contribution in [-0.2, 0) is 13.0 Å². The van der Waals surface area contributed by atoms with Gasteiger partial charge in [0.15, 0.2) is 0 Å². The van der Waals surface area contributed by atoms with Crippen molar-refractivity contribution in [2.45, 2.75) is 65.0 Å². The summed E-state index contributed by atoms with van der Waals surface area (Å²) in [6.07, 6.45) is 8.76. The smallest absolute Gasteiger partial charge is 0.138 e. The first-order valence-electron chi connectivity index (χ1n) is 6.85. The lowest BCUT2D eigenvalue weighted by atomic mass is 10.1. The highest BCUT2D eigenvalue weighted by atomic mass is 15.3. The number of aryl methyl sites for hydroxylation is 2. The Balaban J connectivity index is 2.31. The Morgan fingerprint density at radius 1 is 1.29 bits per heavy atom. The standard InChI is InChI=1S/C13H26N4/c1-4-7-12(14-3)8-6-9-13-15-11-16-17(13)10-5-2/h11-12,14H,4-10H2,1-3H3. The fraction of sp³-hybridized carbons (Fsp3) is 0.846. The van der Waals surface area contributed by atoms with Crippen molar-refractivity contribution >= 4 is 0 Å².